The summed E-state index contributed by atoms with van der Waals surface area (Å²) in [4.78, 5) is 0. The zero-order chi connectivity index (χ0) is 16.2. The van der Waals surface area contributed by atoms with Crippen molar-refractivity contribution in [3.05, 3.63) is 59.2 Å². The summed E-state index contributed by atoms with van der Waals surface area (Å²) in [5.74, 6) is 1.13. The number of alkyl halides is 3. The number of hydrogen-bond donors (Lipinski definition) is 0. The van der Waals surface area contributed by atoms with Crippen molar-refractivity contribution in [3.63, 3.8) is 0 Å². The van der Waals surface area contributed by atoms with Crippen molar-refractivity contribution in [1.29, 1.82) is 0 Å². The normalized spacial score (nSPS) is 11.3. The Labute approximate surface area is 127 Å². The van der Waals surface area contributed by atoms with Gasteiger partial charge in [0.15, 0.2) is 0 Å². The molecule has 0 radical (unpaired) electrons. The summed E-state index contributed by atoms with van der Waals surface area (Å²) in [6, 6.07) is 10.7. The van der Waals surface area contributed by atoms with Crippen LogP contribution in [0.1, 0.15) is 23.6 Å². The van der Waals surface area contributed by atoms with Crippen molar-refractivity contribution in [2.24, 2.45) is 0 Å². The molecule has 0 heterocycles. The van der Waals surface area contributed by atoms with Gasteiger partial charge in [0.05, 0.1) is 12.2 Å². The Balaban J connectivity index is 2.17. The first-order valence-corrected chi connectivity index (χ1v) is 6.92. The summed E-state index contributed by atoms with van der Waals surface area (Å²) >= 11 is 0. The Bertz CT molecular complexity index is 636. The molecule has 0 fully saturated rings. The van der Waals surface area contributed by atoms with E-state index >= 15 is 0 Å². The molecule has 0 saturated heterocycles. The molecule has 0 unspecified atom stereocenters. The molecule has 2 aromatic rings. The van der Waals surface area contributed by atoms with E-state index in [9.17, 15) is 13.2 Å². The first-order chi connectivity index (χ1) is 10.4. The molecule has 0 N–H and O–H groups in total. The molecule has 0 aromatic heterocycles. The van der Waals surface area contributed by atoms with Crippen molar-refractivity contribution in [3.8, 4) is 11.5 Å². The topological polar surface area (TPSA) is 18.5 Å². The summed E-state index contributed by atoms with van der Waals surface area (Å²) in [5.41, 5.74) is 0.354. The molecule has 5 heteroatoms. The highest BCUT2D eigenvalue weighted by Crippen LogP contribution is 2.32. The second-order valence-electron chi connectivity index (χ2n) is 4.86. The molecule has 0 aliphatic rings. The number of ether oxygens (including phenoxy) is 2. The number of hydrogen-bond acceptors (Lipinski definition) is 2. The first-order valence-electron chi connectivity index (χ1n) is 6.92. The molecule has 0 aliphatic carbocycles. The van der Waals surface area contributed by atoms with E-state index < -0.39 is 11.7 Å². The van der Waals surface area contributed by atoms with Gasteiger partial charge in [-0.25, -0.2) is 0 Å². The van der Waals surface area contributed by atoms with Gasteiger partial charge >= 0.3 is 6.18 Å². The number of aryl methyl sites for hydroxylation is 1. The first kappa shape index (κ1) is 16.2. The highest BCUT2D eigenvalue weighted by Gasteiger charge is 2.32. The fourth-order valence-electron chi connectivity index (χ4n) is 2.13. The fourth-order valence-corrected chi connectivity index (χ4v) is 2.13. The Kier molecular flexibility index (Phi) is 4.96. The lowest BCUT2D eigenvalue weighted by molar-refractivity contribution is -0.138. The predicted molar refractivity (Wildman–Crippen MR) is 78.1 cm³/mol. The van der Waals surface area contributed by atoms with E-state index in [4.69, 9.17) is 9.47 Å². The van der Waals surface area contributed by atoms with E-state index in [-0.39, 0.29) is 12.2 Å². The van der Waals surface area contributed by atoms with Gasteiger partial charge in [-0.1, -0.05) is 18.2 Å². The summed E-state index contributed by atoms with van der Waals surface area (Å²) in [6.07, 6.45) is -4.39. The predicted octanol–water partition coefficient (Wildman–Crippen LogP) is 4.99. The fraction of sp³-hybridized carbons (Fsp3) is 0.294. The SMILES string of the molecule is CCOc1cc(C)cc(OCc2ccccc2C(F)(F)F)c1. The van der Waals surface area contributed by atoms with E-state index in [0.29, 0.717) is 18.1 Å². The third-order valence-corrected chi connectivity index (χ3v) is 3.05. The molecule has 118 valence electrons. The van der Waals surface area contributed by atoms with Crippen LogP contribution >= 0.6 is 0 Å². The maximum atomic E-state index is 12.9. The second-order valence-corrected chi connectivity index (χ2v) is 4.86. The van der Waals surface area contributed by atoms with Gasteiger partial charge in [0.25, 0.3) is 0 Å². The Morgan fingerprint density at radius 2 is 1.59 bits per heavy atom. The smallest absolute Gasteiger partial charge is 0.416 e. The molecule has 0 saturated carbocycles. The van der Waals surface area contributed by atoms with Crippen molar-refractivity contribution in [2.45, 2.75) is 26.6 Å². The molecule has 2 rings (SSSR count). The zero-order valence-electron chi connectivity index (χ0n) is 12.4. The lowest BCUT2D eigenvalue weighted by atomic mass is 10.1. The highest BCUT2D eigenvalue weighted by atomic mass is 19.4. The highest BCUT2D eigenvalue weighted by molar-refractivity contribution is 5.38. The van der Waals surface area contributed by atoms with Crippen molar-refractivity contribution >= 4 is 0 Å². The quantitative estimate of drug-likeness (QED) is 0.774. The van der Waals surface area contributed by atoms with E-state index in [1.165, 1.54) is 12.1 Å². The van der Waals surface area contributed by atoms with Gasteiger partial charge in [0.2, 0.25) is 0 Å². The van der Waals surface area contributed by atoms with Gasteiger partial charge in [-0.3, -0.25) is 0 Å². The van der Waals surface area contributed by atoms with Crippen LogP contribution in [0.4, 0.5) is 13.2 Å². The van der Waals surface area contributed by atoms with E-state index in [2.05, 4.69) is 0 Å². The van der Waals surface area contributed by atoms with Crippen molar-refractivity contribution in [2.75, 3.05) is 6.61 Å². The Morgan fingerprint density at radius 3 is 2.23 bits per heavy atom. The third-order valence-electron chi connectivity index (χ3n) is 3.05. The maximum Gasteiger partial charge on any atom is 0.416 e. The molecule has 0 atom stereocenters. The number of halogens is 3. The summed E-state index contributed by atoms with van der Waals surface area (Å²) < 4.78 is 49.7. The van der Waals surface area contributed by atoms with Crippen LogP contribution in [-0.2, 0) is 12.8 Å². The lowest BCUT2D eigenvalue weighted by Crippen LogP contribution is -2.10. The minimum atomic E-state index is -4.39. The molecule has 0 bridgehead atoms. The van der Waals surface area contributed by atoms with Crippen LogP contribution in [0.3, 0.4) is 0 Å². The molecule has 0 amide bonds. The van der Waals surface area contributed by atoms with Crippen molar-refractivity contribution < 1.29 is 22.6 Å². The molecule has 22 heavy (non-hydrogen) atoms. The third kappa shape index (κ3) is 4.16. The lowest BCUT2D eigenvalue weighted by Gasteiger charge is -2.14. The van der Waals surface area contributed by atoms with Gasteiger partial charge in [-0.2, -0.15) is 13.2 Å². The summed E-state index contributed by atoms with van der Waals surface area (Å²) in [7, 11) is 0. The second kappa shape index (κ2) is 6.73. The molecular weight excluding hydrogens is 293 g/mol. The van der Waals surface area contributed by atoms with E-state index in [1.54, 1.807) is 18.2 Å². The van der Waals surface area contributed by atoms with Gasteiger partial charge in [-0.05, 0) is 37.6 Å². The zero-order valence-corrected chi connectivity index (χ0v) is 12.4. The number of rotatable bonds is 5. The van der Waals surface area contributed by atoms with Crippen molar-refractivity contribution in [1.82, 2.24) is 0 Å². The van der Waals surface area contributed by atoms with Crippen LogP contribution < -0.4 is 9.47 Å². The van der Waals surface area contributed by atoms with Gasteiger partial charge in [0.1, 0.15) is 18.1 Å². The van der Waals surface area contributed by atoms with Gasteiger partial charge in [-0.15, -0.1) is 0 Å². The minimum Gasteiger partial charge on any atom is -0.494 e. The average Bonchev–Trinajstić information content (AvgIpc) is 2.44. The van der Waals surface area contributed by atoms with Gasteiger partial charge in [0, 0.05) is 11.6 Å². The molecular formula is C17H17F3O2. The van der Waals surface area contributed by atoms with E-state index in [0.717, 1.165) is 11.6 Å². The maximum absolute atomic E-state index is 12.9. The van der Waals surface area contributed by atoms with Gasteiger partial charge < -0.3 is 9.47 Å². The standard InChI is InChI=1S/C17H17F3O2/c1-3-21-14-8-12(2)9-15(10-14)22-11-13-6-4-5-7-16(13)17(18,19)20/h4-10H,3,11H2,1-2H3. The minimum absolute atomic E-state index is 0.106. The molecule has 0 aliphatic heterocycles. The van der Waals surface area contributed by atoms with Crippen LogP contribution in [0.25, 0.3) is 0 Å². The molecule has 2 nitrogen and oxygen atoms in total. The van der Waals surface area contributed by atoms with Crippen LogP contribution in [0.2, 0.25) is 0 Å². The Hall–Kier alpha value is -2.17. The largest absolute Gasteiger partial charge is 0.494 e. The van der Waals surface area contributed by atoms with Crippen LogP contribution in [0.5, 0.6) is 11.5 Å². The monoisotopic (exact) mass is 310 g/mol. The van der Waals surface area contributed by atoms with Crippen LogP contribution in [0.15, 0.2) is 42.5 Å². The van der Waals surface area contributed by atoms with Crippen LogP contribution in [0, 0.1) is 6.92 Å². The summed E-state index contributed by atoms with van der Waals surface area (Å²) in [6.45, 7) is 4.10. The number of benzene rings is 2. The van der Waals surface area contributed by atoms with Crippen LogP contribution in [-0.4, -0.2) is 6.61 Å². The molecule has 0 spiro atoms. The van der Waals surface area contributed by atoms with E-state index in [1.807, 2.05) is 19.9 Å². The summed E-state index contributed by atoms with van der Waals surface area (Å²) in [5, 5.41) is 0. The average molecular weight is 310 g/mol. The molecule has 2 aromatic carbocycles. The Morgan fingerprint density at radius 1 is 0.955 bits per heavy atom.